The molecule has 0 spiro atoms. The second-order valence-corrected chi connectivity index (χ2v) is 8.84. The van der Waals surface area contributed by atoms with Crippen molar-refractivity contribution in [3.05, 3.63) is 29.8 Å². The standard InChI is InChI=1S/C17H25N3O3S/c1-3-24(22,23)18-15-7-5-14(6-8-15)17(21)20-11-13-4-9-16(12-20)19(2)10-13/h5-8,13,16,18H,3-4,9-12H2,1-2H3. The molecule has 1 N–H and O–H groups in total. The van der Waals surface area contributed by atoms with E-state index in [-0.39, 0.29) is 11.7 Å². The minimum Gasteiger partial charge on any atom is -0.337 e. The Morgan fingerprint density at radius 2 is 1.88 bits per heavy atom. The largest absolute Gasteiger partial charge is 0.337 e. The van der Waals surface area contributed by atoms with Gasteiger partial charge in [-0.05, 0) is 57.0 Å². The Hall–Kier alpha value is -1.60. The summed E-state index contributed by atoms with van der Waals surface area (Å²) in [5, 5.41) is 0. The van der Waals surface area contributed by atoms with E-state index in [1.54, 1.807) is 31.2 Å². The Kier molecular flexibility index (Phi) is 4.83. The monoisotopic (exact) mass is 351 g/mol. The van der Waals surface area contributed by atoms with E-state index in [9.17, 15) is 13.2 Å². The molecule has 2 bridgehead atoms. The van der Waals surface area contributed by atoms with Gasteiger partial charge in [0, 0.05) is 36.9 Å². The second kappa shape index (κ2) is 6.72. The van der Waals surface area contributed by atoms with E-state index >= 15 is 0 Å². The van der Waals surface area contributed by atoms with Crippen molar-refractivity contribution in [2.24, 2.45) is 5.92 Å². The van der Waals surface area contributed by atoms with Crippen LogP contribution in [0.25, 0.3) is 0 Å². The zero-order valence-electron chi connectivity index (χ0n) is 14.2. The highest BCUT2D eigenvalue weighted by Crippen LogP contribution is 2.27. The predicted octanol–water partition coefficient (Wildman–Crippen LogP) is 1.61. The fourth-order valence-electron chi connectivity index (χ4n) is 3.60. The number of sulfonamides is 1. The Morgan fingerprint density at radius 3 is 2.50 bits per heavy atom. The van der Waals surface area contributed by atoms with E-state index in [1.165, 1.54) is 6.42 Å². The van der Waals surface area contributed by atoms with Crippen LogP contribution in [0.5, 0.6) is 0 Å². The molecule has 3 heterocycles. The average Bonchev–Trinajstić information content (AvgIpc) is 2.86. The van der Waals surface area contributed by atoms with Gasteiger partial charge in [0.2, 0.25) is 10.0 Å². The average molecular weight is 351 g/mol. The summed E-state index contributed by atoms with van der Waals surface area (Å²) in [6.07, 6.45) is 2.35. The third-order valence-corrected chi connectivity index (χ3v) is 6.37. The molecule has 132 valence electrons. The van der Waals surface area contributed by atoms with Crippen LogP contribution in [0.3, 0.4) is 0 Å². The molecule has 0 aromatic heterocycles. The summed E-state index contributed by atoms with van der Waals surface area (Å²) < 4.78 is 25.7. The van der Waals surface area contributed by atoms with Gasteiger partial charge in [-0.1, -0.05) is 0 Å². The number of piperidine rings is 1. The van der Waals surface area contributed by atoms with E-state index in [4.69, 9.17) is 0 Å². The Labute approximate surface area is 143 Å². The van der Waals surface area contributed by atoms with Gasteiger partial charge in [-0.25, -0.2) is 8.42 Å². The molecule has 2 atom stereocenters. The zero-order valence-corrected chi connectivity index (χ0v) is 15.1. The van der Waals surface area contributed by atoms with Crippen LogP contribution < -0.4 is 4.72 Å². The molecular weight excluding hydrogens is 326 g/mol. The van der Waals surface area contributed by atoms with Gasteiger partial charge in [0.1, 0.15) is 0 Å². The molecule has 3 saturated heterocycles. The van der Waals surface area contributed by atoms with Gasteiger partial charge in [-0.15, -0.1) is 0 Å². The molecule has 0 radical (unpaired) electrons. The Morgan fingerprint density at radius 1 is 1.17 bits per heavy atom. The first-order valence-electron chi connectivity index (χ1n) is 8.48. The van der Waals surface area contributed by atoms with Crippen molar-refractivity contribution in [3.8, 4) is 0 Å². The number of hydrogen-bond acceptors (Lipinski definition) is 4. The number of carbonyl (C=O) groups excluding carboxylic acids is 1. The summed E-state index contributed by atoms with van der Waals surface area (Å²) >= 11 is 0. The van der Waals surface area contributed by atoms with Gasteiger partial charge in [-0.3, -0.25) is 9.52 Å². The Bertz CT molecular complexity index is 702. The number of likely N-dealkylation sites (N-methyl/N-ethyl adjacent to an activating group) is 1. The third kappa shape index (κ3) is 3.72. The molecule has 6 nitrogen and oxygen atoms in total. The summed E-state index contributed by atoms with van der Waals surface area (Å²) in [6, 6.07) is 7.15. The van der Waals surface area contributed by atoms with Gasteiger partial charge in [0.15, 0.2) is 0 Å². The number of hydrogen-bond donors (Lipinski definition) is 1. The number of anilines is 1. The van der Waals surface area contributed by atoms with Crippen LogP contribution in [0.15, 0.2) is 24.3 Å². The van der Waals surface area contributed by atoms with Crippen LogP contribution in [-0.2, 0) is 10.0 Å². The van der Waals surface area contributed by atoms with Crippen molar-refractivity contribution in [1.82, 2.24) is 9.80 Å². The molecule has 4 rings (SSSR count). The molecular formula is C17H25N3O3S. The van der Waals surface area contributed by atoms with Crippen LogP contribution in [-0.4, -0.2) is 62.6 Å². The molecule has 1 amide bonds. The van der Waals surface area contributed by atoms with Crippen molar-refractivity contribution in [2.45, 2.75) is 25.8 Å². The molecule has 1 aromatic rings. The van der Waals surface area contributed by atoms with Gasteiger partial charge >= 0.3 is 0 Å². The van der Waals surface area contributed by atoms with Crippen molar-refractivity contribution < 1.29 is 13.2 Å². The number of rotatable bonds is 4. The highest BCUT2D eigenvalue weighted by molar-refractivity contribution is 7.92. The maximum Gasteiger partial charge on any atom is 0.253 e. The molecule has 3 aliphatic heterocycles. The van der Waals surface area contributed by atoms with Crippen molar-refractivity contribution >= 4 is 21.6 Å². The van der Waals surface area contributed by atoms with Crippen LogP contribution in [0.1, 0.15) is 30.1 Å². The van der Waals surface area contributed by atoms with E-state index in [0.29, 0.717) is 23.2 Å². The third-order valence-electron chi connectivity index (χ3n) is 5.06. The summed E-state index contributed by atoms with van der Waals surface area (Å²) in [4.78, 5) is 17.1. The summed E-state index contributed by atoms with van der Waals surface area (Å²) in [7, 11) is -1.16. The second-order valence-electron chi connectivity index (χ2n) is 6.83. The van der Waals surface area contributed by atoms with Crippen LogP contribution in [0.2, 0.25) is 0 Å². The minimum absolute atomic E-state index is 0.0255. The number of fused-ring (bicyclic) bond motifs is 4. The highest BCUT2D eigenvalue weighted by Gasteiger charge is 2.34. The highest BCUT2D eigenvalue weighted by atomic mass is 32.2. The number of nitrogens with zero attached hydrogens (tertiary/aromatic N) is 2. The van der Waals surface area contributed by atoms with E-state index in [0.717, 1.165) is 26.1 Å². The first kappa shape index (κ1) is 17.2. The van der Waals surface area contributed by atoms with Gasteiger partial charge in [-0.2, -0.15) is 0 Å². The zero-order chi connectivity index (χ0) is 17.3. The van der Waals surface area contributed by atoms with E-state index in [1.807, 2.05) is 4.90 Å². The summed E-state index contributed by atoms with van der Waals surface area (Å²) in [5.41, 5.74) is 1.10. The smallest absolute Gasteiger partial charge is 0.253 e. The molecule has 2 unspecified atom stereocenters. The molecule has 1 aromatic carbocycles. The van der Waals surface area contributed by atoms with Crippen LogP contribution >= 0.6 is 0 Å². The van der Waals surface area contributed by atoms with Crippen molar-refractivity contribution in [2.75, 3.05) is 37.2 Å². The number of benzene rings is 1. The topological polar surface area (TPSA) is 69.7 Å². The van der Waals surface area contributed by atoms with Gasteiger partial charge in [0.25, 0.3) is 5.91 Å². The fourth-order valence-corrected chi connectivity index (χ4v) is 4.24. The number of nitrogens with one attached hydrogen (secondary N) is 1. The number of amides is 1. The molecule has 24 heavy (non-hydrogen) atoms. The molecule has 0 aliphatic carbocycles. The van der Waals surface area contributed by atoms with Gasteiger partial charge < -0.3 is 9.80 Å². The normalized spacial score (nSPS) is 24.7. The summed E-state index contributed by atoms with van der Waals surface area (Å²) in [6.45, 7) is 4.23. The molecule has 3 aliphatic rings. The number of carbonyl (C=O) groups is 1. The first-order chi connectivity index (χ1) is 11.4. The van der Waals surface area contributed by atoms with Gasteiger partial charge in [0.05, 0.1) is 5.75 Å². The van der Waals surface area contributed by atoms with Crippen LogP contribution in [0.4, 0.5) is 5.69 Å². The lowest BCUT2D eigenvalue weighted by Gasteiger charge is -2.32. The van der Waals surface area contributed by atoms with E-state index < -0.39 is 10.0 Å². The lowest BCUT2D eigenvalue weighted by atomic mass is 9.96. The maximum absolute atomic E-state index is 12.8. The summed E-state index contributed by atoms with van der Waals surface area (Å²) in [5.74, 6) is 0.609. The fraction of sp³-hybridized carbons (Fsp3) is 0.588. The Balaban J connectivity index is 1.71. The molecule has 0 saturated carbocycles. The lowest BCUT2D eigenvalue weighted by Crippen LogP contribution is -2.41. The lowest BCUT2D eigenvalue weighted by molar-refractivity contribution is 0.0742. The SMILES string of the molecule is CCS(=O)(=O)Nc1ccc(C(=O)N2CC3CCC(C2)N(C)C3)cc1. The van der Waals surface area contributed by atoms with Crippen LogP contribution in [0, 0.1) is 5.92 Å². The first-order valence-corrected chi connectivity index (χ1v) is 10.1. The van der Waals surface area contributed by atoms with Crippen molar-refractivity contribution in [3.63, 3.8) is 0 Å². The quantitative estimate of drug-likeness (QED) is 0.895. The van der Waals surface area contributed by atoms with Crippen molar-refractivity contribution in [1.29, 1.82) is 0 Å². The van der Waals surface area contributed by atoms with E-state index in [2.05, 4.69) is 16.7 Å². The predicted molar refractivity (Wildman–Crippen MR) is 94.6 cm³/mol. The maximum atomic E-state index is 12.8. The molecule has 7 heteroatoms. The molecule has 3 fully saturated rings. The minimum atomic E-state index is -3.29.